The van der Waals surface area contributed by atoms with E-state index in [1.54, 1.807) is 16.9 Å². The quantitative estimate of drug-likeness (QED) is 0.642. The summed E-state index contributed by atoms with van der Waals surface area (Å²) in [7, 11) is 0. The summed E-state index contributed by atoms with van der Waals surface area (Å²) in [5.41, 5.74) is 7.73. The van der Waals surface area contributed by atoms with Crippen LogP contribution in [0, 0.1) is 0 Å². The molecule has 0 aliphatic rings. The Hall–Kier alpha value is -2.11. The summed E-state index contributed by atoms with van der Waals surface area (Å²) in [6, 6.07) is 3.76. The fourth-order valence-electron chi connectivity index (χ4n) is 1.81. The van der Waals surface area contributed by atoms with E-state index in [4.69, 9.17) is 5.73 Å². The Kier molecular flexibility index (Phi) is 3.76. The number of rotatable bonds is 4. The molecule has 0 saturated carbocycles. The monoisotopic (exact) mass is 246 g/mol. The first-order chi connectivity index (χ1) is 8.76. The van der Waals surface area contributed by atoms with Crippen LogP contribution in [0.4, 0.5) is 0 Å². The van der Waals surface area contributed by atoms with E-state index in [0.29, 0.717) is 12.5 Å². The lowest BCUT2D eigenvalue weighted by Gasteiger charge is -2.19. The SMILES string of the molecule is CCN(CC)C(N)=NCc1ccnc2ccnn12. The van der Waals surface area contributed by atoms with E-state index in [-0.39, 0.29) is 0 Å². The van der Waals surface area contributed by atoms with Crippen LogP contribution in [0.15, 0.2) is 29.5 Å². The van der Waals surface area contributed by atoms with Crippen molar-refractivity contribution in [1.29, 1.82) is 0 Å². The van der Waals surface area contributed by atoms with Crippen LogP contribution in [0.5, 0.6) is 0 Å². The van der Waals surface area contributed by atoms with Gasteiger partial charge in [0.25, 0.3) is 0 Å². The van der Waals surface area contributed by atoms with Crippen molar-refractivity contribution >= 4 is 11.6 Å². The predicted molar refractivity (Wildman–Crippen MR) is 71.2 cm³/mol. The van der Waals surface area contributed by atoms with Crippen LogP contribution in [0.25, 0.3) is 5.65 Å². The van der Waals surface area contributed by atoms with Crippen molar-refractivity contribution in [2.45, 2.75) is 20.4 Å². The number of aliphatic imine (C=N–C) groups is 1. The number of nitrogens with two attached hydrogens (primary N) is 1. The average Bonchev–Trinajstić information content (AvgIpc) is 2.86. The lowest BCUT2D eigenvalue weighted by atomic mass is 10.4. The van der Waals surface area contributed by atoms with Crippen LogP contribution >= 0.6 is 0 Å². The molecular formula is C12H18N6. The predicted octanol–water partition coefficient (Wildman–Crippen LogP) is 0.886. The minimum Gasteiger partial charge on any atom is -0.370 e. The molecule has 0 saturated heterocycles. The van der Waals surface area contributed by atoms with Gasteiger partial charge in [-0.1, -0.05) is 0 Å². The van der Waals surface area contributed by atoms with Gasteiger partial charge in [-0.25, -0.2) is 14.5 Å². The number of nitrogens with zero attached hydrogens (tertiary/aromatic N) is 5. The maximum Gasteiger partial charge on any atom is 0.191 e. The summed E-state index contributed by atoms with van der Waals surface area (Å²) in [6.07, 6.45) is 3.48. The van der Waals surface area contributed by atoms with Gasteiger partial charge in [0.2, 0.25) is 0 Å². The second-order valence-electron chi connectivity index (χ2n) is 3.88. The van der Waals surface area contributed by atoms with Crippen molar-refractivity contribution in [3.63, 3.8) is 0 Å². The first kappa shape index (κ1) is 12.3. The summed E-state index contributed by atoms with van der Waals surface area (Å²) < 4.78 is 1.78. The maximum atomic E-state index is 5.94. The van der Waals surface area contributed by atoms with Crippen molar-refractivity contribution in [3.8, 4) is 0 Å². The summed E-state index contributed by atoms with van der Waals surface area (Å²) >= 11 is 0. The van der Waals surface area contributed by atoms with E-state index in [0.717, 1.165) is 24.4 Å². The Morgan fingerprint density at radius 1 is 1.33 bits per heavy atom. The van der Waals surface area contributed by atoms with Crippen LogP contribution < -0.4 is 5.73 Å². The summed E-state index contributed by atoms with van der Waals surface area (Å²) in [4.78, 5) is 10.6. The third-order valence-electron chi connectivity index (χ3n) is 2.86. The minimum atomic E-state index is 0.503. The normalized spacial score (nSPS) is 12.0. The van der Waals surface area contributed by atoms with Crippen LogP contribution in [-0.4, -0.2) is 38.5 Å². The molecule has 0 aromatic carbocycles. The highest BCUT2D eigenvalue weighted by Crippen LogP contribution is 2.04. The van der Waals surface area contributed by atoms with Gasteiger partial charge in [0.15, 0.2) is 11.6 Å². The molecule has 0 amide bonds. The molecular weight excluding hydrogens is 228 g/mol. The van der Waals surface area contributed by atoms with Crippen molar-refractivity contribution in [1.82, 2.24) is 19.5 Å². The van der Waals surface area contributed by atoms with Gasteiger partial charge in [0.1, 0.15) is 0 Å². The average molecular weight is 246 g/mol. The molecule has 0 radical (unpaired) electrons. The largest absolute Gasteiger partial charge is 0.370 e. The smallest absolute Gasteiger partial charge is 0.191 e. The first-order valence-corrected chi connectivity index (χ1v) is 6.08. The standard InChI is InChI=1S/C12H18N6/c1-3-17(4-2)12(13)15-9-10-5-7-14-11-6-8-16-18(10)11/h5-8H,3-4,9H2,1-2H3,(H2,13,15). The fraction of sp³-hybridized carbons (Fsp3) is 0.417. The zero-order valence-electron chi connectivity index (χ0n) is 10.7. The third kappa shape index (κ3) is 2.42. The molecule has 6 nitrogen and oxygen atoms in total. The Balaban J connectivity index is 2.19. The second-order valence-corrected chi connectivity index (χ2v) is 3.88. The molecule has 0 fully saturated rings. The minimum absolute atomic E-state index is 0.503. The molecule has 2 aromatic heterocycles. The Morgan fingerprint density at radius 2 is 2.11 bits per heavy atom. The number of hydrogen-bond donors (Lipinski definition) is 1. The van der Waals surface area contributed by atoms with Crippen molar-refractivity contribution < 1.29 is 0 Å². The van der Waals surface area contributed by atoms with E-state index in [9.17, 15) is 0 Å². The molecule has 0 aliphatic carbocycles. The van der Waals surface area contributed by atoms with Crippen LogP contribution in [0.1, 0.15) is 19.5 Å². The number of aromatic nitrogens is 3. The third-order valence-corrected chi connectivity index (χ3v) is 2.86. The van der Waals surface area contributed by atoms with E-state index in [1.165, 1.54) is 0 Å². The van der Waals surface area contributed by atoms with Gasteiger partial charge in [-0.05, 0) is 19.9 Å². The molecule has 0 spiro atoms. The van der Waals surface area contributed by atoms with E-state index < -0.39 is 0 Å². The van der Waals surface area contributed by atoms with Crippen molar-refractivity contribution in [2.75, 3.05) is 13.1 Å². The summed E-state index contributed by atoms with van der Waals surface area (Å²) in [6.45, 7) is 6.34. The Labute approximate surface area is 106 Å². The maximum absolute atomic E-state index is 5.94. The van der Waals surface area contributed by atoms with Gasteiger partial charge in [-0.15, -0.1) is 0 Å². The molecule has 2 heterocycles. The highest BCUT2D eigenvalue weighted by atomic mass is 15.3. The van der Waals surface area contributed by atoms with Crippen molar-refractivity contribution in [3.05, 3.63) is 30.2 Å². The summed E-state index contributed by atoms with van der Waals surface area (Å²) in [5, 5.41) is 4.21. The van der Waals surface area contributed by atoms with Gasteiger partial charge in [-0.3, -0.25) is 0 Å². The molecule has 0 unspecified atom stereocenters. The van der Waals surface area contributed by atoms with Gasteiger partial charge >= 0.3 is 0 Å². The van der Waals surface area contributed by atoms with E-state index in [2.05, 4.69) is 28.9 Å². The molecule has 96 valence electrons. The number of hydrogen-bond acceptors (Lipinski definition) is 3. The molecule has 2 aromatic rings. The molecule has 0 bridgehead atoms. The first-order valence-electron chi connectivity index (χ1n) is 6.08. The Morgan fingerprint density at radius 3 is 2.83 bits per heavy atom. The van der Waals surface area contributed by atoms with Crippen LogP contribution in [0.3, 0.4) is 0 Å². The molecule has 6 heteroatoms. The second kappa shape index (κ2) is 5.48. The highest BCUT2D eigenvalue weighted by molar-refractivity contribution is 5.77. The molecule has 18 heavy (non-hydrogen) atoms. The topological polar surface area (TPSA) is 71.8 Å². The lowest BCUT2D eigenvalue weighted by Crippen LogP contribution is -2.37. The van der Waals surface area contributed by atoms with Gasteiger partial charge in [0.05, 0.1) is 18.4 Å². The van der Waals surface area contributed by atoms with Crippen LogP contribution in [0.2, 0.25) is 0 Å². The fourth-order valence-corrected chi connectivity index (χ4v) is 1.81. The highest BCUT2D eigenvalue weighted by Gasteiger charge is 2.04. The van der Waals surface area contributed by atoms with E-state index >= 15 is 0 Å². The van der Waals surface area contributed by atoms with Crippen molar-refractivity contribution in [2.24, 2.45) is 10.7 Å². The van der Waals surface area contributed by atoms with Crippen LogP contribution in [-0.2, 0) is 6.54 Å². The zero-order chi connectivity index (χ0) is 13.0. The number of fused-ring (bicyclic) bond motifs is 1. The number of guanidine groups is 1. The van der Waals surface area contributed by atoms with Gasteiger partial charge in [0, 0.05) is 25.4 Å². The molecule has 2 N–H and O–H groups in total. The van der Waals surface area contributed by atoms with Gasteiger partial charge in [-0.2, -0.15) is 5.10 Å². The molecule has 0 atom stereocenters. The molecule has 0 aliphatic heterocycles. The Bertz CT molecular complexity index is 540. The lowest BCUT2D eigenvalue weighted by molar-refractivity contribution is 0.458. The van der Waals surface area contributed by atoms with Gasteiger partial charge < -0.3 is 10.6 Å². The summed E-state index contributed by atoms with van der Waals surface area (Å²) in [5.74, 6) is 0.567. The van der Waals surface area contributed by atoms with E-state index in [1.807, 2.05) is 17.0 Å². The molecule has 2 rings (SSSR count). The zero-order valence-corrected chi connectivity index (χ0v) is 10.7.